The molecule has 6 heteroatoms. The zero-order valence-corrected chi connectivity index (χ0v) is 23.9. The van der Waals surface area contributed by atoms with Crippen LogP contribution in [0.4, 0.5) is 11.4 Å². The molecule has 3 aromatic rings. The Kier molecular flexibility index (Phi) is 10.5. The molecule has 5 nitrogen and oxygen atoms in total. The van der Waals surface area contributed by atoms with Crippen LogP contribution in [0.25, 0.3) is 4.85 Å². The number of rotatable bonds is 14. The van der Waals surface area contributed by atoms with Crippen molar-refractivity contribution in [1.82, 2.24) is 14.9 Å². The van der Waals surface area contributed by atoms with Crippen LogP contribution in [-0.4, -0.2) is 33.3 Å². The Hall–Kier alpha value is -2.33. The summed E-state index contributed by atoms with van der Waals surface area (Å²) in [7, 11) is 0. The molecular weight excluding hydrogens is 525 g/mol. The van der Waals surface area contributed by atoms with Crippen LogP contribution in [0.1, 0.15) is 64.9 Å². The van der Waals surface area contributed by atoms with Crippen molar-refractivity contribution in [2.75, 3.05) is 5.01 Å². The van der Waals surface area contributed by atoms with Crippen LogP contribution in [0.2, 0.25) is 13.3 Å². The Bertz CT molecular complexity index is 985. The van der Waals surface area contributed by atoms with Crippen LogP contribution in [0.3, 0.4) is 0 Å². The average molecular weight is 564 g/mol. The Morgan fingerprint density at radius 1 is 0.853 bits per heavy atom. The minimum absolute atomic E-state index is 0.640. The summed E-state index contributed by atoms with van der Waals surface area (Å²) >= 11 is -2.41. The number of nitrogens with zero attached hydrogens (tertiary/aromatic N) is 5. The molecule has 0 saturated carbocycles. The van der Waals surface area contributed by atoms with Gasteiger partial charge in [-0.25, -0.2) is 0 Å². The summed E-state index contributed by atoms with van der Waals surface area (Å²) in [5.74, 6) is 0. The maximum atomic E-state index is 7.23. The fraction of sp³-hybridized carbons (Fsp3) is 0.464. The topological polar surface area (TPSA) is 38.3 Å². The molecule has 0 radical (unpaired) electrons. The molecule has 0 atom stereocenters. The number of hydrogen-bond donors (Lipinski definition) is 0. The van der Waals surface area contributed by atoms with Gasteiger partial charge in [0.2, 0.25) is 0 Å². The monoisotopic (exact) mass is 565 g/mol. The molecule has 0 aliphatic rings. The van der Waals surface area contributed by atoms with Gasteiger partial charge in [-0.1, -0.05) is 0 Å². The van der Waals surface area contributed by atoms with E-state index in [9.17, 15) is 0 Å². The van der Waals surface area contributed by atoms with Gasteiger partial charge in [0.15, 0.2) is 0 Å². The van der Waals surface area contributed by atoms with Gasteiger partial charge >= 0.3 is 204 Å². The van der Waals surface area contributed by atoms with Crippen molar-refractivity contribution < 1.29 is 0 Å². The van der Waals surface area contributed by atoms with E-state index in [-0.39, 0.29) is 0 Å². The van der Waals surface area contributed by atoms with Crippen molar-refractivity contribution in [2.24, 2.45) is 0 Å². The number of unbranched alkanes of at least 4 members (excludes halogenated alkanes) is 3. The molecule has 0 bridgehead atoms. The third kappa shape index (κ3) is 6.85. The third-order valence-electron chi connectivity index (χ3n) is 6.86. The van der Waals surface area contributed by atoms with Gasteiger partial charge in [0.25, 0.3) is 0 Å². The van der Waals surface area contributed by atoms with Crippen LogP contribution < -0.4 is 8.59 Å². The van der Waals surface area contributed by atoms with Crippen LogP contribution in [0.15, 0.2) is 61.2 Å². The number of aromatic nitrogens is 3. The Labute approximate surface area is 209 Å². The molecule has 0 spiro atoms. The first-order chi connectivity index (χ1) is 16.7. The van der Waals surface area contributed by atoms with Gasteiger partial charge < -0.3 is 6.57 Å². The summed E-state index contributed by atoms with van der Waals surface area (Å²) < 4.78 is 6.18. The Balaban J connectivity index is 1.87. The zero-order valence-electron chi connectivity index (χ0n) is 21.1. The molecule has 0 aliphatic carbocycles. The summed E-state index contributed by atoms with van der Waals surface area (Å²) in [4.78, 5) is 9.43. The van der Waals surface area contributed by atoms with Crippen LogP contribution in [-0.2, 0) is 6.54 Å². The van der Waals surface area contributed by atoms with Gasteiger partial charge in [0.05, 0.1) is 0 Å². The molecule has 3 rings (SSSR count). The molecule has 34 heavy (non-hydrogen) atoms. The van der Waals surface area contributed by atoms with Crippen molar-refractivity contribution in [1.29, 1.82) is 0 Å². The molecule has 1 heterocycles. The molecule has 1 aromatic heterocycles. The van der Waals surface area contributed by atoms with Crippen molar-refractivity contribution >= 4 is 33.3 Å². The van der Waals surface area contributed by atoms with Gasteiger partial charge in [-0.05, 0) is 0 Å². The predicted octanol–water partition coefficient (Wildman–Crippen LogP) is 7.35. The molecule has 0 N–H and O–H groups in total. The van der Waals surface area contributed by atoms with Crippen molar-refractivity contribution in [3.05, 3.63) is 78.2 Å². The first-order valence-corrected chi connectivity index (χ1v) is 20.3. The zero-order chi connectivity index (χ0) is 24.2. The number of hydrogen-bond acceptors (Lipinski definition) is 3. The second-order valence-electron chi connectivity index (χ2n) is 9.29. The molecule has 0 unspecified atom stereocenters. The van der Waals surface area contributed by atoms with Crippen LogP contribution in [0.5, 0.6) is 0 Å². The minimum atomic E-state index is -2.41. The van der Waals surface area contributed by atoms with Crippen LogP contribution >= 0.6 is 0 Å². The van der Waals surface area contributed by atoms with E-state index in [4.69, 9.17) is 6.57 Å². The van der Waals surface area contributed by atoms with E-state index in [2.05, 4.69) is 65.0 Å². The fourth-order valence-corrected chi connectivity index (χ4v) is 20.7. The first-order valence-electron chi connectivity index (χ1n) is 12.8. The quantitative estimate of drug-likeness (QED) is 0.152. The summed E-state index contributed by atoms with van der Waals surface area (Å²) in [6.45, 7) is 14.9. The van der Waals surface area contributed by atoms with E-state index in [1.54, 1.807) is 21.0 Å². The average Bonchev–Trinajstić information content (AvgIpc) is 3.42. The summed E-state index contributed by atoms with van der Waals surface area (Å²) in [5.41, 5.74) is 2.89. The Morgan fingerprint density at radius 3 is 1.91 bits per heavy atom. The third-order valence-corrected chi connectivity index (χ3v) is 22.5. The standard InChI is InChI=1S/C16H12N5.3C4H9.Sn/c1-17-15-7-9-16(10-8-15)20(21-13-18-12-19-21)11-14-5-3-2-4-6-14;3*1-3-4-2;/h3-10,12-13H,11H2;3*1,3-4H2,2H3;. The van der Waals surface area contributed by atoms with E-state index in [0.29, 0.717) is 12.2 Å². The summed E-state index contributed by atoms with van der Waals surface area (Å²) in [6.07, 6.45) is 11.3. The molecular formula is C28H39N5Sn. The van der Waals surface area contributed by atoms with Gasteiger partial charge in [-0.3, -0.25) is 0 Å². The first kappa shape index (κ1) is 26.3. The Morgan fingerprint density at radius 2 is 1.44 bits per heavy atom. The van der Waals surface area contributed by atoms with Gasteiger partial charge in [-0.15, -0.1) is 0 Å². The van der Waals surface area contributed by atoms with Crippen molar-refractivity contribution in [3.63, 3.8) is 0 Å². The molecule has 180 valence electrons. The van der Waals surface area contributed by atoms with E-state index in [1.165, 1.54) is 57.4 Å². The second kappa shape index (κ2) is 13.5. The van der Waals surface area contributed by atoms with E-state index < -0.39 is 18.4 Å². The predicted molar refractivity (Wildman–Crippen MR) is 145 cm³/mol. The van der Waals surface area contributed by atoms with E-state index >= 15 is 0 Å². The van der Waals surface area contributed by atoms with Gasteiger partial charge in [-0.2, -0.15) is 0 Å². The SMILES string of the molecule is [C-]#[N+]c1ccc(N(Cc2cc[c]([Sn]([CH2]CCC)([CH2]CCC)[CH2]CCC)cc2)n2cncn2)cc1. The summed E-state index contributed by atoms with van der Waals surface area (Å²) in [6, 6.07) is 17.3. The fourth-order valence-electron chi connectivity index (χ4n) is 4.80. The van der Waals surface area contributed by atoms with Gasteiger partial charge in [0, 0.05) is 0 Å². The van der Waals surface area contributed by atoms with Crippen molar-refractivity contribution in [3.8, 4) is 0 Å². The number of benzene rings is 2. The molecule has 2 aromatic carbocycles. The van der Waals surface area contributed by atoms with Crippen LogP contribution in [0, 0.1) is 6.57 Å². The maximum absolute atomic E-state index is 7.23. The van der Waals surface area contributed by atoms with Crippen molar-refractivity contribution in [2.45, 2.75) is 79.2 Å². The molecule has 0 aliphatic heterocycles. The summed E-state index contributed by atoms with van der Waals surface area (Å²) in [5, 5.41) is 6.47. The van der Waals surface area contributed by atoms with E-state index in [0.717, 1.165) is 5.69 Å². The number of anilines is 1. The molecule has 0 amide bonds. The molecule has 0 fully saturated rings. The second-order valence-corrected chi connectivity index (χ2v) is 22.5. The molecule has 0 saturated heterocycles. The normalized spacial score (nSPS) is 11.4. The van der Waals surface area contributed by atoms with E-state index in [1.807, 2.05) is 24.3 Å². The van der Waals surface area contributed by atoms with Gasteiger partial charge in [0.1, 0.15) is 0 Å².